The van der Waals surface area contributed by atoms with Crippen molar-refractivity contribution in [2.75, 3.05) is 19.8 Å². The van der Waals surface area contributed by atoms with E-state index in [-0.39, 0.29) is 25.7 Å². The number of hydrogen-bond acceptors (Lipinski definition) is 6. The first-order valence-corrected chi connectivity index (χ1v) is 23.1. The Morgan fingerprint density at radius 2 is 0.920 bits per heavy atom. The molecule has 0 saturated heterocycles. The van der Waals surface area contributed by atoms with Crippen molar-refractivity contribution in [1.82, 2.24) is 5.32 Å². The van der Waals surface area contributed by atoms with E-state index in [1.54, 1.807) is 0 Å². The van der Waals surface area contributed by atoms with Crippen LogP contribution in [0.5, 0.6) is 0 Å². The maximum absolute atomic E-state index is 12.7. The molecule has 300 valence electrons. The maximum atomic E-state index is 12.7. The van der Waals surface area contributed by atoms with E-state index in [2.05, 4.69) is 19.2 Å². The van der Waals surface area contributed by atoms with E-state index in [0.717, 1.165) is 38.5 Å². The van der Waals surface area contributed by atoms with E-state index in [9.17, 15) is 19.4 Å². The number of rotatable bonds is 41. The van der Waals surface area contributed by atoms with Gasteiger partial charge in [-0.1, -0.05) is 206 Å². The molecule has 0 aliphatic carbocycles. The van der Waals surface area contributed by atoms with E-state index in [1.165, 1.54) is 161 Å². The molecule has 0 fully saturated rings. The van der Waals surface area contributed by atoms with Crippen LogP contribution < -0.4 is 11.1 Å². The Morgan fingerprint density at radius 1 is 0.580 bits per heavy atom. The van der Waals surface area contributed by atoms with Crippen LogP contribution in [0.3, 0.4) is 0 Å². The lowest BCUT2D eigenvalue weighted by Crippen LogP contribution is -2.46. The van der Waals surface area contributed by atoms with Crippen LogP contribution >= 0.6 is 7.82 Å². The molecule has 50 heavy (non-hydrogen) atoms. The van der Waals surface area contributed by atoms with Crippen molar-refractivity contribution < 1.29 is 28.4 Å². The van der Waals surface area contributed by atoms with E-state index < -0.39 is 20.0 Å². The lowest BCUT2D eigenvalue weighted by molar-refractivity contribution is -0.123. The highest BCUT2D eigenvalue weighted by atomic mass is 31.2. The van der Waals surface area contributed by atoms with Gasteiger partial charge < -0.3 is 21.1 Å². The molecule has 0 aromatic carbocycles. The summed E-state index contributed by atoms with van der Waals surface area (Å²) in [5.74, 6) is -0.158. The van der Waals surface area contributed by atoms with Gasteiger partial charge in [0.25, 0.3) is 0 Å². The predicted molar refractivity (Wildman–Crippen MR) is 212 cm³/mol. The first-order chi connectivity index (χ1) is 24.4. The number of aliphatic hydroxyl groups excluding tert-OH is 1. The lowest BCUT2D eigenvalue weighted by Gasteiger charge is -2.25. The largest absolute Gasteiger partial charge is 0.472 e. The summed E-state index contributed by atoms with van der Waals surface area (Å²) >= 11 is 0. The number of phosphoric ester groups is 1. The number of hydrogen-bond donors (Lipinski definition) is 4. The van der Waals surface area contributed by atoms with Crippen molar-refractivity contribution in [3.8, 4) is 0 Å². The zero-order chi connectivity index (χ0) is 36.8. The average Bonchev–Trinajstić information content (AvgIpc) is 3.10. The number of nitrogens with two attached hydrogens (primary N) is 1. The van der Waals surface area contributed by atoms with Gasteiger partial charge in [0.15, 0.2) is 0 Å². The van der Waals surface area contributed by atoms with Gasteiger partial charge in [0.1, 0.15) is 0 Å². The second-order valence-electron chi connectivity index (χ2n) is 14.9. The smallest absolute Gasteiger partial charge is 0.391 e. The Hall–Kier alpha value is -0.500. The van der Waals surface area contributed by atoms with Crippen LogP contribution in [0.25, 0.3) is 0 Å². The van der Waals surface area contributed by atoms with Gasteiger partial charge in [-0.15, -0.1) is 0 Å². The van der Waals surface area contributed by atoms with Crippen molar-refractivity contribution in [3.05, 3.63) is 0 Å². The minimum absolute atomic E-state index is 0.0923. The monoisotopic (exact) mass is 733 g/mol. The third-order valence-corrected chi connectivity index (χ3v) is 10.9. The maximum Gasteiger partial charge on any atom is 0.472 e. The van der Waals surface area contributed by atoms with Gasteiger partial charge in [-0.3, -0.25) is 13.8 Å². The molecule has 5 N–H and O–H groups in total. The van der Waals surface area contributed by atoms with Crippen LogP contribution in [0, 0.1) is 0 Å². The molecule has 0 saturated carbocycles. The Balaban J connectivity index is 4.04. The SMILES string of the molecule is CCCCCCCCCCCCCCCCCCCCCCC(=O)NC(COP(=O)(O)OCCN)C(O)CCCCCCCCCCCCC. The summed E-state index contributed by atoms with van der Waals surface area (Å²) in [4.78, 5) is 22.7. The molecule has 0 aromatic rings. The van der Waals surface area contributed by atoms with Crippen molar-refractivity contribution >= 4 is 13.7 Å². The van der Waals surface area contributed by atoms with Crippen molar-refractivity contribution in [2.45, 2.75) is 238 Å². The third-order valence-electron chi connectivity index (χ3n) is 9.96. The first kappa shape index (κ1) is 49.5. The second kappa shape index (κ2) is 38.2. The van der Waals surface area contributed by atoms with E-state index >= 15 is 0 Å². The topological polar surface area (TPSA) is 131 Å². The highest BCUT2D eigenvalue weighted by molar-refractivity contribution is 7.47. The number of amides is 1. The van der Waals surface area contributed by atoms with E-state index in [1.807, 2.05) is 0 Å². The molecule has 0 heterocycles. The molecule has 9 heteroatoms. The van der Waals surface area contributed by atoms with Gasteiger partial charge in [0.2, 0.25) is 5.91 Å². The Labute approximate surface area is 310 Å². The molecule has 1 amide bonds. The molecule has 8 nitrogen and oxygen atoms in total. The highest BCUT2D eigenvalue weighted by Crippen LogP contribution is 2.43. The summed E-state index contributed by atoms with van der Waals surface area (Å²) in [6, 6.07) is -0.766. The molecular formula is C41H85N2O6P. The van der Waals surface area contributed by atoms with Gasteiger partial charge in [-0.2, -0.15) is 0 Å². The number of carbonyl (C=O) groups excluding carboxylic acids is 1. The van der Waals surface area contributed by atoms with Crippen molar-refractivity contribution in [2.24, 2.45) is 5.73 Å². The zero-order valence-electron chi connectivity index (χ0n) is 33.2. The highest BCUT2D eigenvalue weighted by Gasteiger charge is 2.27. The number of aliphatic hydroxyl groups is 1. The minimum Gasteiger partial charge on any atom is -0.391 e. The van der Waals surface area contributed by atoms with E-state index in [4.69, 9.17) is 14.8 Å². The Kier molecular flexibility index (Phi) is 37.8. The van der Waals surface area contributed by atoms with Gasteiger partial charge >= 0.3 is 7.82 Å². The normalized spacial score (nSPS) is 14.1. The Morgan fingerprint density at radius 3 is 1.28 bits per heavy atom. The summed E-state index contributed by atoms with van der Waals surface area (Å²) in [7, 11) is -4.30. The fourth-order valence-corrected chi connectivity index (χ4v) is 7.43. The fraction of sp³-hybridized carbons (Fsp3) is 0.976. The summed E-state index contributed by atoms with van der Waals surface area (Å²) in [6.45, 7) is 4.22. The molecule has 0 aliphatic rings. The zero-order valence-corrected chi connectivity index (χ0v) is 34.1. The number of unbranched alkanes of at least 4 members (excludes halogenated alkanes) is 29. The van der Waals surface area contributed by atoms with Crippen LogP contribution in [-0.4, -0.2) is 47.8 Å². The summed E-state index contributed by atoms with van der Waals surface area (Å²) < 4.78 is 22.1. The molecule has 0 radical (unpaired) electrons. The standard InChI is InChI=1S/C41H85N2O6P/c1-3-5-7-9-11-13-15-16-17-18-19-20-21-22-23-25-27-29-31-33-35-41(45)43-39(38-49-50(46,47)48-37-36-42)40(44)34-32-30-28-26-24-14-12-10-8-6-4-2/h39-40,44H,3-38,42H2,1-2H3,(H,43,45)(H,46,47). The molecule has 0 rings (SSSR count). The molecule has 0 aliphatic heterocycles. The molecular weight excluding hydrogens is 647 g/mol. The van der Waals surface area contributed by atoms with Crippen LogP contribution in [0.1, 0.15) is 226 Å². The quantitative estimate of drug-likeness (QED) is 0.0363. The fourth-order valence-electron chi connectivity index (χ4n) is 6.67. The molecule has 3 unspecified atom stereocenters. The summed E-state index contributed by atoms with van der Waals surface area (Å²) in [5.41, 5.74) is 5.37. The number of nitrogens with one attached hydrogen (secondary N) is 1. The molecule has 0 spiro atoms. The predicted octanol–water partition coefficient (Wildman–Crippen LogP) is 11.8. The number of phosphoric acid groups is 1. The van der Waals surface area contributed by atoms with Crippen LogP contribution in [0.15, 0.2) is 0 Å². The minimum atomic E-state index is -4.30. The van der Waals surface area contributed by atoms with Crippen LogP contribution in [0.4, 0.5) is 0 Å². The van der Waals surface area contributed by atoms with Gasteiger partial charge in [-0.05, 0) is 12.8 Å². The van der Waals surface area contributed by atoms with Gasteiger partial charge in [0, 0.05) is 13.0 Å². The third kappa shape index (κ3) is 35.9. The molecule has 3 atom stereocenters. The lowest BCUT2D eigenvalue weighted by atomic mass is 10.0. The van der Waals surface area contributed by atoms with Gasteiger partial charge in [0.05, 0.1) is 25.4 Å². The van der Waals surface area contributed by atoms with Crippen LogP contribution in [0.2, 0.25) is 0 Å². The summed E-state index contributed by atoms with van der Waals surface area (Å²) in [6.07, 6.45) is 39.7. The number of carbonyl (C=O) groups is 1. The Bertz CT molecular complexity index is 759. The van der Waals surface area contributed by atoms with Crippen LogP contribution in [-0.2, 0) is 18.4 Å². The molecule has 0 bridgehead atoms. The van der Waals surface area contributed by atoms with E-state index in [0.29, 0.717) is 12.8 Å². The average molecular weight is 733 g/mol. The van der Waals surface area contributed by atoms with Gasteiger partial charge in [-0.25, -0.2) is 4.57 Å². The second-order valence-corrected chi connectivity index (χ2v) is 16.4. The first-order valence-electron chi connectivity index (χ1n) is 21.7. The molecule has 0 aromatic heterocycles. The summed E-state index contributed by atoms with van der Waals surface area (Å²) in [5, 5.41) is 13.8. The van der Waals surface area contributed by atoms with Crippen molar-refractivity contribution in [1.29, 1.82) is 0 Å². The van der Waals surface area contributed by atoms with Crippen molar-refractivity contribution in [3.63, 3.8) is 0 Å².